The van der Waals surface area contributed by atoms with Crippen LogP contribution in [0, 0.1) is 0 Å². The predicted molar refractivity (Wildman–Crippen MR) is 77.9 cm³/mol. The fraction of sp³-hybridized carbons (Fsp3) is 0.154. The Balaban J connectivity index is 2.10. The van der Waals surface area contributed by atoms with E-state index in [1.54, 1.807) is 12.3 Å². The van der Waals surface area contributed by atoms with E-state index in [1.165, 1.54) is 12.1 Å². The maximum atomic E-state index is 11.5. The SMILES string of the molecule is O=S(=O)(Cl)c1cc(Cl)ccc1OCCc1ccccn1. The van der Waals surface area contributed by atoms with Crippen LogP contribution in [-0.2, 0) is 15.5 Å². The van der Waals surface area contributed by atoms with Crippen molar-refractivity contribution < 1.29 is 13.2 Å². The molecule has 0 radical (unpaired) electrons. The Kier molecular flexibility index (Phi) is 4.86. The fourth-order valence-corrected chi connectivity index (χ4v) is 2.84. The molecule has 106 valence electrons. The minimum Gasteiger partial charge on any atom is -0.492 e. The van der Waals surface area contributed by atoms with Crippen molar-refractivity contribution in [1.82, 2.24) is 4.98 Å². The van der Waals surface area contributed by atoms with Crippen molar-refractivity contribution in [2.75, 3.05) is 6.61 Å². The van der Waals surface area contributed by atoms with Crippen LogP contribution in [0.15, 0.2) is 47.5 Å². The lowest BCUT2D eigenvalue weighted by molar-refractivity contribution is 0.312. The monoisotopic (exact) mass is 331 g/mol. The van der Waals surface area contributed by atoms with Gasteiger partial charge in [-0.2, -0.15) is 0 Å². The molecule has 0 amide bonds. The minimum atomic E-state index is -3.90. The van der Waals surface area contributed by atoms with Crippen LogP contribution < -0.4 is 4.74 Å². The molecule has 0 N–H and O–H groups in total. The van der Waals surface area contributed by atoms with Gasteiger partial charge in [-0.05, 0) is 30.3 Å². The third-order valence-electron chi connectivity index (χ3n) is 2.51. The third kappa shape index (κ3) is 4.10. The molecule has 0 saturated carbocycles. The Hall–Kier alpha value is -1.30. The maximum absolute atomic E-state index is 11.5. The molecule has 0 spiro atoms. The molecule has 0 saturated heterocycles. The highest BCUT2D eigenvalue weighted by molar-refractivity contribution is 8.13. The Bertz CT molecular complexity index is 690. The Morgan fingerprint density at radius 2 is 2.00 bits per heavy atom. The minimum absolute atomic E-state index is 0.132. The van der Waals surface area contributed by atoms with E-state index in [0.717, 1.165) is 5.69 Å². The molecular weight excluding hydrogens is 321 g/mol. The van der Waals surface area contributed by atoms with Gasteiger partial charge in [-0.1, -0.05) is 17.7 Å². The van der Waals surface area contributed by atoms with Gasteiger partial charge in [-0.15, -0.1) is 0 Å². The average molecular weight is 332 g/mol. The molecule has 7 heteroatoms. The van der Waals surface area contributed by atoms with Crippen LogP contribution in [0.4, 0.5) is 0 Å². The quantitative estimate of drug-likeness (QED) is 0.789. The Morgan fingerprint density at radius 3 is 2.65 bits per heavy atom. The molecule has 0 aliphatic rings. The summed E-state index contributed by atoms with van der Waals surface area (Å²) in [6, 6.07) is 9.85. The van der Waals surface area contributed by atoms with Crippen LogP contribution in [-0.4, -0.2) is 20.0 Å². The van der Waals surface area contributed by atoms with Gasteiger partial charge in [0.05, 0.1) is 6.61 Å². The molecule has 0 atom stereocenters. The van der Waals surface area contributed by atoms with E-state index in [2.05, 4.69) is 4.98 Å². The van der Waals surface area contributed by atoms with Gasteiger partial charge < -0.3 is 4.74 Å². The van der Waals surface area contributed by atoms with E-state index in [1.807, 2.05) is 18.2 Å². The standard InChI is InChI=1S/C13H11Cl2NO3S/c14-10-4-5-12(13(9-10)20(15,17)18)19-8-6-11-3-1-2-7-16-11/h1-5,7,9H,6,8H2. The molecule has 1 aromatic heterocycles. The zero-order valence-corrected chi connectivity index (χ0v) is 12.6. The number of halogens is 2. The van der Waals surface area contributed by atoms with Gasteiger partial charge in [0.2, 0.25) is 0 Å². The number of hydrogen-bond acceptors (Lipinski definition) is 4. The van der Waals surface area contributed by atoms with E-state index < -0.39 is 9.05 Å². The topological polar surface area (TPSA) is 56.3 Å². The van der Waals surface area contributed by atoms with Crippen LogP contribution in [0.2, 0.25) is 5.02 Å². The van der Waals surface area contributed by atoms with E-state index in [4.69, 9.17) is 27.0 Å². The summed E-state index contributed by atoms with van der Waals surface area (Å²) >= 11 is 5.76. The van der Waals surface area contributed by atoms with Crippen LogP contribution in [0.3, 0.4) is 0 Å². The van der Waals surface area contributed by atoms with Crippen molar-refractivity contribution in [2.24, 2.45) is 0 Å². The number of rotatable bonds is 5. The molecule has 20 heavy (non-hydrogen) atoms. The second kappa shape index (κ2) is 6.43. The molecule has 0 aliphatic carbocycles. The molecule has 1 heterocycles. The molecular formula is C13H11Cl2NO3S. The number of pyridine rings is 1. The highest BCUT2D eigenvalue weighted by Crippen LogP contribution is 2.29. The van der Waals surface area contributed by atoms with Crippen molar-refractivity contribution in [3.8, 4) is 5.75 Å². The summed E-state index contributed by atoms with van der Waals surface area (Å²) in [7, 11) is 1.45. The lowest BCUT2D eigenvalue weighted by atomic mass is 10.3. The summed E-state index contributed by atoms with van der Waals surface area (Å²) in [5.41, 5.74) is 0.858. The molecule has 1 aromatic carbocycles. The largest absolute Gasteiger partial charge is 0.492 e. The summed E-state index contributed by atoms with van der Waals surface area (Å²) < 4.78 is 28.4. The van der Waals surface area contributed by atoms with Gasteiger partial charge in [0.25, 0.3) is 9.05 Å². The van der Waals surface area contributed by atoms with Crippen molar-refractivity contribution in [1.29, 1.82) is 0 Å². The smallest absolute Gasteiger partial charge is 0.265 e. The fourth-order valence-electron chi connectivity index (χ4n) is 1.60. The lowest BCUT2D eigenvalue weighted by Crippen LogP contribution is -2.05. The number of nitrogens with zero attached hydrogens (tertiary/aromatic N) is 1. The molecule has 0 bridgehead atoms. The normalized spacial score (nSPS) is 11.3. The zero-order valence-electron chi connectivity index (χ0n) is 10.3. The second-order valence-corrected chi connectivity index (χ2v) is 6.92. The molecule has 2 aromatic rings. The average Bonchev–Trinajstić information content (AvgIpc) is 2.40. The summed E-state index contributed by atoms with van der Waals surface area (Å²) in [6.45, 7) is 0.290. The molecule has 0 fully saturated rings. The van der Waals surface area contributed by atoms with Crippen molar-refractivity contribution in [3.05, 3.63) is 53.3 Å². The van der Waals surface area contributed by atoms with Crippen LogP contribution in [0.1, 0.15) is 5.69 Å². The summed E-state index contributed by atoms with van der Waals surface area (Å²) in [4.78, 5) is 4.02. The number of benzene rings is 1. The van der Waals surface area contributed by atoms with Gasteiger partial charge >= 0.3 is 0 Å². The van der Waals surface area contributed by atoms with Gasteiger partial charge in [0.1, 0.15) is 10.6 Å². The molecule has 0 aliphatic heterocycles. The predicted octanol–water partition coefficient (Wildman–Crippen LogP) is 3.28. The maximum Gasteiger partial charge on any atom is 0.265 e. The molecule has 4 nitrogen and oxygen atoms in total. The highest BCUT2D eigenvalue weighted by Gasteiger charge is 2.17. The number of aromatic nitrogens is 1. The first kappa shape index (κ1) is 15.1. The first-order chi connectivity index (χ1) is 9.47. The van der Waals surface area contributed by atoms with Gasteiger partial charge in [0.15, 0.2) is 0 Å². The van der Waals surface area contributed by atoms with Gasteiger partial charge in [-0.3, -0.25) is 4.98 Å². The Morgan fingerprint density at radius 1 is 1.20 bits per heavy atom. The van der Waals surface area contributed by atoms with E-state index in [0.29, 0.717) is 6.42 Å². The zero-order chi connectivity index (χ0) is 14.6. The summed E-state index contributed by atoms with van der Waals surface area (Å²) in [5.74, 6) is 0.181. The van der Waals surface area contributed by atoms with Crippen molar-refractivity contribution >= 4 is 31.3 Å². The summed E-state index contributed by atoms with van der Waals surface area (Å²) in [5, 5.41) is 0.279. The van der Waals surface area contributed by atoms with Crippen molar-refractivity contribution in [2.45, 2.75) is 11.3 Å². The van der Waals surface area contributed by atoms with Gasteiger partial charge in [0, 0.05) is 34.0 Å². The third-order valence-corrected chi connectivity index (χ3v) is 4.09. The highest BCUT2D eigenvalue weighted by atomic mass is 35.7. The second-order valence-electron chi connectivity index (χ2n) is 3.95. The number of hydrogen-bond donors (Lipinski definition) is 0. The van der Waals surface area contributed by atoms with E-state index >= 15 is 0 Å². The Labute approximate surface area is 126 Å². The molecule has 0 unspecified atom stereocenters. The summed E-state index contributed by atoms with van der Waals surface area (Å²) in [6.07, 6.45) is 2.25. The van der Waals surface area contributed by atoms with Gasteiger partial charge in [-0.25, -0.2) is 8.42 Å². The van der Waals surface area contributed by atoms with E-state index in [9.17, 15) is 8.42 Å². The van der Waals surface area contributed by atoms with Crippen LogP contribution >= 0.6 is 22.3 Å². The first-order valence-electron chi connectivity index (χ1n) is 5.74. The first-order valence-corrected chi connectivity index (χ1v) is 8.42. The van der Waals surface area contributed by atoms with Crippen LogP contribution in [0.5, 0.6) is 5.75 Å². The van der Waals surface area contributed by atoms with Crippen molar-refractivity contribution in [3.63, 3.8) is 0 Å². The number of ether oxygens (including phenoxy) is 1. The van der Waals surface area contributed by atoms with Crippen LogP contribution in [0.25, 0.3) is 0 Å². The molecule has 2 rings (SSSR count). The van der Waals surface area contributed by atoms with E-state index in [-0.39, 0.29) is 22.3 Å². The lowest BCUT2D eigenvalue weighted by Gasteiger charge is -2.09.